The molecule has 0 aromatic heterocycles. The third-order valence-electron chi connectivity index (χ3n) is 5.32. The van der Waals surface area contributed by atoms with Crippen LogP contribution in [0.15, 0.2) is 42.5 Å². The first kappa shape index (κ1) is 15.7. The largest absolute Gasteiger partial charge is 0.378 e. The summed E-state index contributed by atoms with van der Waals surface area (Å²) in [6.45, 7) is 9.15. The van der Waals surface area contributed by atoms with Crippen LogP contribution in [0.25, 0.3) is 0 Å². The topological polar surface area (TPSA) is 15.7 Å². The van der Waals surface area contributed by atoms with Crippen molar-refractivity contribution < 1.29 is 4.74 Å². The molecule has 0 atom stereocenters. The highest BCUT2D eigenvalue weighted by Crippen LogP contribution is 2.27. The van der Waals surface area contributed by atoms with Crippen LogP contribution >= 0.6 is 0 Å². The van der Waals surface area contributed by atoms with E-state index in [0.717, 1.165) is 45.9 Å². The molecular formula is C21H26N2O. The molecule has 0 aliphatic carbocycles. The molecule has 3 heteroatoms. The van der Waals surface area contributed by atoms with Crippen molar-refractivity contribution in [3.63, 3.8) is 0 Å². The molecule has 1 saturated heterocycles. The van der Waals surface area contributed by atoms with Crippen molar-refractivity contribution in [3.8, 4) is 0 Å². The van der Waals surface area contributed by atoms with Crippen LogP contribution in [0.1, 0.15) is 22.3 Å². The van der Waals surface area contributed by atoms with Crippen molar-refractivity contribution >= 4 is 5.69 Å². The predicted octanol–water partition coefficient (Wildman–Crippen LogP) is 3.39. The SMILES string of the molecule is Cc1cccc2c1CCN(Cc1ccccc1N1CCOCC1)C2. The van der Waals surface area contributed by atoms with Crippen molar-refractivity contribution in [1.82, 2.24) is 4.90 Å². The maximum absolute atomic E-state index is 5.51. The van der Waals surface area contributed by atoms with Crippen molar-refractivity contribution in [1.29, 1.82) is 0 Å². The van der Waals surface area contributed by atoms with E-state index in [1.54, 1.807) is 5.56 Å². The van der Waals surface area contributed by atoms with E-state index in [-0.39, 0.29) is 0 Å². The van der Waals surface area contributed by atoms with Gasteiger partial charge in [0.15, 0.2) is 0 Å². The fourth-order valence-corrected chi connectivity index (χ4v) is 3.99. The van der Waals surface area contributed by atoms with E-state index in [1.807, 2.05) is 0 Å². The zero-order chi connectivity index (χ0) is 16.4. The number of hydrogen-bond donors (Lipinski definition) is 0. The van der Waals surface area contributed by atoms with Crippen LogP contribution in [0.2, 0.25) is 0 Å². The lowest BCUT2D eigenvalue weighted by Crippen LogP contribution is -2.37. The van der Waals surface area contributed by atoms with Crippen molar-refractivity contribution in [3.05, 3.63) is 64.7 Å². The molecule has 4 rings (SSSR count). The molecular weight excluding hydrogens is 296 g/mol. The minimum Gasteiger partial charge on any atom is -0.378 e. The fourth-order valence-electron chi connectivity index (χ4n) is 3.99. The molecule has 2 aromatic carbocycles. The van der Waals surface area contributed by atoms with Crippen LogP contribution in [0.4, 0.5) is 5.69 Å². The van der Waals surface area contributed by atoms with Crippen LogP contribution in [-0.2, 0) is 24.2 Å². The summed E-state index contributed by atoms with van der Waals surface area (Å²) in [7, 11) is 0. The smallest absolute Gasteiger partial charge is 0.0642 e. The van der Waals surface area contributed by atoms with E-state index >= 15 is 0 Å². The molecule has 0 spiro atoms. The Morgan fingerprint density at radius 1 is 0.958 bits per heavy atom. The lowest BCUT2D eigenvalue weighted by atomic mass is 9.95. The number of fused-ring (bicyclic) bond motifs is 1. The quantitative estimate of drug-likeness (QED) is 0.861. The van der Waals surface area contributed by atoms with Gasteiger partial charge in [-0.15, -0.1) is 0 Å². The van der Waals surface area contributed by atoms with E-state index in [0.29, 0.717) is 0 Å². The van der Waals surface area contributed by atoms with Gasteiger partial charge in [-0.25, -0.2) is 0 Å². The van der Waals surface area contributed by atoms with Gasteiger partial charge in [0, 0.05) is 38.4 Å². The minimum atomic E-state index is 0.838. The van der Waals surface area contributed by atoms with Crippen molar-refractivity contribution in [2.24, 2.45) is 0 Å². The van der Waals surface area contributed by atoms with E-state index in [2.05, 4.69) is 59.2 Å². The van der Waals surface area contributed by atoms with Gasteiger partial charge in [-0.1, -0.05) is 36.4 Å². The number of aryl methyl sites for hydroxylation is 1. The molecule has 1 fully saturated rings. The van der Waals surface area contributed by atoms with Gasteiger partial charge < -0.3 is 9.64 Å². The summed E-state index contributed by atoms with van der Waals surface area (Å²) in [6.07, 6.45) is 1.17. The first-order valence-corrected chi connectivity index (χ1v) is 9.01. The number of anilines is 1. The first-order valence-electron chi connectivity index (χ1n) is 9.01. The van der Waals surface area contributed by atoms with Gasteiger partial charge in [-0.2, -0.15) is 0 Å². The highest BCUT2D eigenvalue weighted by Gasteiger charge is 2.20. The molecule has 126 valence electrons. The van der Waals surface area contributed by atoms with E-state index in [4.69, 9.17) is 4.74 Å². The fraction of sp³-hybridized carbons (Fsp3) is 0.429. The summed E-state index contributed by atoms with van der Waals surface area (Å²) in [5.74, 6) is 0. The average molecular weight is 322 g/mol. The van der Waals surface area contributed by atoms with Gasteiger partial charge >= 0.3 is 0 Å². The summed E-state index contributed by atoms with van der Waals surface area (Å²) in [6, 6.07) is 15.6. The molecule has 2 aliphatic heterocycles. The number of para-hydroxylation sites is 1. The zero-order valence-corrected chi connectivity index (χ0v) is 14.5. The average Bonchev–Trinajstić information content (AvgIpc) is 2.63. The molecule has 0 radical (unpaired) electrons. The van der Waals surface area contributed by atoms with Crippen LogP contribution in [0.5, 0.6) is 0 Å². The Kier molecular flexibility index (Phi) is 4.54. The number of benzene rings is 2. The zero-order valence-electron chi connectivity index (χ0n) is 14.5. The number of rotatable bonds is 3. The molecule has 0 bridgehead atoms. The Morgan fingerprint density at radius 2 is 1.79 bits per heavy atom. The lowest BCUT2D eigenvalue weighted by molar-refractivity contribution is 0.122. The van der Waals surface area contributed by atoms with Gasteiger partial charge in [0.25, 0.3) is 0 Å². The Hall–Kier alpha value is -1.84. The second-order valence-electron chi connectivity index (χ2n) is 6.90. The Bertz CT molecular complexity index is 707. The van der Waals surface area contributed by atoms with Crippen molar-refractivity contribution in [2.75, 3.05) is 37.7 Å². The molecule has 2 aliphatic rings. The summed E-state index contributed by atoms with van der Waals surface area (Å²) in [5.41, 5.74) is 7.34. The second-order valence-corrected chi connectivity index (χ2v) is 6.90. The van der Waals surface area contributed by atoms with Gasteiger partial charge in [0.2, 0.25) is 0 Å². The third kappa shape index (κ3) is 3.19. The molecule has 24 heavy (non-hydrogen) atoms. The molecule has 0 amide bonds. The van der Waals surface area contributed by atoms with Crippen LogP contribution in [0, 0.1) is 6.92 Å². The maximum atomic E-state index is 5.51. The van der Waals surface area contributed by atoms with Gasteiger partial charge in [-0.05, 0) is 41.7 Å². The number of ether oxygens (including phenoxy) is 1. The Morgan fingerprint density at radius 3 is 2.67 bits per heavy atom. The van der Waals surface area contributed by atoms with E-state index in [9.17, 15) is 0 Å². The number of nitrogens with zero attached hydrogens (tertiary/aromatic N) is 2. The van der Waals surface area contributed by atoms with Crippen LogP contribution in [-0.4, -0.2) is 37.7 Å². The maximum Gasteiger partial charge on any atom is 0.0642 e. The van der Waals surface area contributed by atoms with Crippen LogP contribution in [0.3, 0.4) is 0 Å². The van der Waals surface area contributed by atoms with Gasteiger partial charge in [0.05, 0.1) is 13.2 Å². The van der Waals surface area contributed by atoms with Gasteiger partial charge in [-0.3, -0.25) is 4.90 Å². The molecule has 2 heterocycles. The monoisotopic (exact) mass is 322 g/mol. The van der Waals surface area contributed by atoms with Gasteiger partial charge in [0.1, 0.15) is 0 Å². The number of hydrogen-bond acceptors (Lipinski definition) is 3. The summed E-state index contributed by atoms with van der Waals surface area (Å²) in [5, 5.41) is 0. The molecule has 2 aromatic rings. The molecule has 0 saturated carbocycles. The Balaban J connectivity index is 1.52. The van der Waals surface area contributed by atoms with Crippen LogP contribution < -0.4 is 4.90 Å². The third-order valence-corrected chi connectivity index (χ3v) is 5.32. The summed E-state index contributed by atoms with van der Waals surface area (Å²) in [4.78, 5) is 5.06. The van der Waals surface area contributed by atoms with E-state index < -0.39 is 0 Å². The van der Waals surface area contributed by atoms with Crippen molar-refractivity contribution in [2.45, 2.75) is 26.4 Å². The number of morpholine rings is 1. The second kappa shape index (κ2) is 6.96. The minimum absolute atomic E-state index is 0.838. The Labute approximate surface area is 144 Å². The highest BCUT2D eigenvalue weighted by atomic mass is 16.5. The van der Waals surface area contributed by atoms with E-state index in [1.165, 1.54) is 28.8 Å². The highest BCUT2D eigenvalue weighted by molar-refractivity contribution is 5.54. The molecule has 0 unspecified atom stereocenters. The molecule has 3 nitrogen and oxygen atoms in total. The summed E-state index contributed by atoms with van der Waals surface area (Å²) >= 11 is 0. The normalized spacial score (nSPS) is 18.5. The predicted molar refractivity (Wildman–Crippen MR) is 98.5 cm³/mol. The lowest BCUT2D eigenvalue weighted by Gasteiger charge is -2.33. The first-order chi connectivity index (χ1) is 11.8. The molecule has 0 N–H and O–H groups in total. The standard InChI is InChI=1S/C21H26N2O/c1-17-5-4-7-18-15-22(10-9-20(17)18)16-19-6-2-3-8-21(19)23-11-13-24-14-12-23/h2-8H,9-16H2,1H3. The summed E-state index contributed by atoms with van der Waals surface area (Å²) < 4.78 is 5.51.